The molecule has 4 heteroatoms. The third-order valence-electron chi connectivity index (χ3n) is 1.89. The molecule has 4 nitrogen and oxygen atoms in total. The molecule has 68 valence electrons. The number of oxime groups is 1. The Morgan fingerprint density at radius 1 is 1.83 bits per heavy atom. The van der Waals surface area contributed by atoms with Crippen molar-refractivity contribution >= 4 is 11.7 Å². The summed E-state index contributed by atoms with van der Waals surface area (Å²) in [4.78, 5) is 14.7. The third-order valence-corrected chi connectivity index (χ3v) is 1.89. The Labute approximate surface area is 71.2 Å². The number of carboxylic acid groups (broad SMARTS) is 1. The van der Waals surface area contributed by atoms with Crippen LogP contribution in [0.1, 0.15) is 26.2 Å². The van der Waals surface area contributed by atoms with Gasteiger partial charge in [0.2, 0.25) is 6.61 Å². The molecule has 1 rings (SSSR count). The van der Waals surface area contributed by atoms with Gasteiger partial charge in [0.05, 0.1) is 5.71 Å². The smallest absolute Gasteiger partial charge is 0.344 e. The maximum atomic E-state index is 10.0. The van der Waals surface area contributed by atoms with Crippen molar-refractivity contribution in [2.24, 2.45) is 11.1 Å². The van der Waals surface area contributed by atoms with E-state index in [9.17, 15) is 4.79 Å². The van der Waals surface area contributed by atoms with Crippen LogP contribution >= 0.6 is 0 Å². The predicted molar refractivity (Wildman–Crippen MR) is 44.0 cm³/mol. The van der Waals surface area contributed by atoms with Gasteiger partial charge in [0.25, 0.3) is 0 Å². The van der Waals surface area contributed by atoms with Crippen molar-refractivity contribution in [3.63, 3.8) is 0 Å². The van der Waals surface area contributed by atoms with Crippen molar-refractivity contribution in [3.8, 4) is 0 Å². The number of nitrogens with zero attached hydrogens (tertiary/aromatic N) is 1. The first kappa shape index (κ1) is 9.03. The van der Waals surface area contributed by atoms with Crippen LogP contribution in [0.4, 0.5) is 0 Å². The zero-order valence-electron chi connectivity index (χ0n) is 7.12. The van der Waals surface area contributed by atoms with Crippen molar-refractivity contribution in [1.29, 1.82) is 0 Å². The second-order valence-corrected chi connectivity index (χ2v) is 3.17. The highest BCUT2D eigenvalue weighted by Crippen LogP contribution is 2.21. The summed E-state index contributed by atoms with van der Waals surface area (Å²) < 4.78 is 0. The molecule has 0 aromatic carbocycles. The number of hydrogen-bond donors (Lipinski definition) is 1. The van der Waals surface area contributed by atoms with Gasteiger partial charge in [-0.05, 0) is 25.2 Å². The summed E-state index contributed by atoms with van der Waals surface area (Å²) in [5.41, 5.74) is 0.990. The van der Waals surface area contributed by atoms with Gasteiger partial charge in [-0.2, -0.15) is 0 Å². The van der Waals surface area contributed by atoms with E-state index in [1.54, 1.807) is 0 Å². The molecule has 0 radical (unpaired) electrons. The minimum absolute atomic E-state index is 0.335. The summed E-state index contributed by atoms with van der Waals surface area (Å²) in [7, 11) is 0. The summed E-state index contributed by atoms with van der Waals surface area (Å²) >= 11 is 0. The van der Waals surface area contributed by atoms with Gasteiger partial charge < -0.3 is 9.94 Å². The Bertz CT molecular complexity index is 200. The normalized spacial score (nSPS) is 26.1. The van der Waals surface area contributed by atoms with Crippen LogP contribution in [0.2, 0.25) is 0 Å². The summed E-state index contributed by atoms with van der Waals surface area (Å²) in [6.45, 7) is 1.82. The van der Waals surface area contributed by atoms with Gasteiger partial charge in [0.1, 0.15) is 0 Å². The fourth-order valence-corrected chi connectivity index (χ4v) is 1.28. The zero-order valence-corrected chi connectivity index (χ0v) is 7.12. The molecule has 1 fully saturated rings. The Morgan fingerprint density at radius 3 is 3.08 bits per heavy atom. The van der Waals surface area contributed by atoms with Gasteiger partial charge in [-0.15, -0.1) is 0 Å². The van der Waals surface area contributed by atoms with Crippen LogP contribution in [0.25, 0.3) is 0 Å². The van der Waals surface area contributed by atoms with Gasteiger partial charge in [-0.25, -0.2) is 4.79 Å². The quantitative estimate of drug-likeness (QED) is 0.650. The molecule has 1 aliphatic rings. The topological polar surface area (TPSA) is 58.9 Å². The van der Waals surface area contributed by atoms with Crippen LogP contribution in [0.5, 0.6) is 0 Å². The van der Waals surface area contributed by atoms with Gasteiger partial charge in [0, 0.05) is 0 Å². The first-order valence-electron chi connectivity index (χ1n) is 4.08. The Morgan fingerprint density at radius 2 is 2.58 bits per heavy atom. The molecule has 1 atom stereocenters. The lowest BCUT2D eigenvalue weighted by Gasteiger charge is -1.96. The molecule has 1 saturated carbocycles. The van der Waals surface area contributed by atoms with Crippen LogP contribution in [0.15, 0.2) is 5.16 Å². The van der Waals surface area contributed by atoms with Gasteiger partial charge in [0.15, 0.2) is 0 Å². The van der Waals surface area contributed by atoms with Gasteiger partial charge >= 0.3 is 5.97 Å². The molecular weight excluding hydrogens is 158 g/mol. The standard InChI is InChI=1S/C8H13NO3/c1-6-2-3-7(4-6)9-12-5-8(10)11/h6H,2-5H2,1H3,(H,10,11). The first-order chi connectivity index (χ1) is 5.68. The summed E-state index contributed by atoms with van der Waals surface area (Å²) in [6.07, 6.45) is 3.02. The Hall–Kier alpha value is -1.06. The number of aliphatic carboxylic acids is 1. The molecule has 0 saturated heterocycles. The van der Waals surface area contributed by atoms with Crippen LogP contribution in [-0.2, 0) is 9.63 Å². The van der Waals surface area contributed by atoms with Crippen molar-refractivity contribution in [2.75, 3.05) is 6.61 Å². The van der Waals surface area contributed by atoms with E-state index in [-0.39, 0.29) is 6.61 Å². The number of carbonyl (C=O) groups is 1. The molecule has 0 aliphatic heterocycles. The average Bonchev–Trinajstić information content (AvgIpc) is 2.35. The third kappa shape index (κ3) is 2.90. The molecule has 0 aromatic heterocycles. The monoisotopic (exact) mass is 171 g/mol. The fourth-order valence-electron chi connectivity index (χ4n) is 1.28. The van der Waals surface area contributed by atoms with E-state index in [1.807, 2.05) is 0 Å². The summed E-state index contributed by atoms with van der Waals surface area (Å²) in [5, 5.41) is 12.0. The van der Waals surface area contributed by atoms with Crippen LogP contribution in [0.3, 0.4) is 0 Å². The van der Waals surface area contributed by atoms with Crippen LogP contribution in [-0.4, -0.2) is 23.4 Å². The van der Waals surface area contributed by atoms with E-state index < -0.39 is 5.97 Å². The molecule has 1 unspecified atom stereocenters. The van der Waals surface area contributed by atoms with Crippen LogP contribution in [0, 0.1) is 5.92 Å². The second-order valence-electron chi connectivity index (χ2n) is 3.17. The van der Waals surface area contributed by atoms with E-state index in [4.69, 9.17) is 5.11 Å². The molecule has 0 amide bonds. The maximum Gasteiger partial charge on any atom is 0.344 e. The van der Waals surface area contributed by atoms with E-state index in [2.05, 4.69) is 16.9 Å². The Kier molecular flexibility index (Phi) is 3.08. The van der Waals surface area contributed by atoms with Gasteiger partial charge in [-0.1, -0.05) is 12.1 Å². The highest BCUT2D eigenvalue weighted by Gasteiger charge is 2.16. The number of hydrogen-bond acceptors (Lipinski definition) is 3. The van der Waals surface area contributed by atoms with E-state index >= 15 is 0 Å². The van der Waals surface area contributed by atoms with E-state index in [0.29, 0.717) is 5.92 Å². The molecule has 0 bridgehead atoms. The minimum Gasteiger partial charge on any atom is -0.479 e. The molecule has 1 aliphatic carbocycles. The second kappa shape index (κ2) is 4.09. The molecule has 12 heavy (non-hydrogen) atoms. The zero-order chi connectivity index (χ0) is 8.97. The van der Waals surface area contributed by atoms with E-state index in [0.717, 1.165) is 25.0 Å². The SMILES string of the molecule is CC1CCC(=NOCC(=O)O)C1. The fraction of sp³-hybridized carbons (Fsp3) is 0.750. The van der Waals surface area contributed by atoms with Gasteiger partial charge in [-0.3, -0.25) is 0 Å². The summed E-state index contributed by atoms with van der Waals surface area (Å²) in [6, 6.07) is 0. The maximum absolute atomic E-state index is 10.0. The first-order valence-corrected chi connectivity index (χ1v) is 4.08. The van der Waals surface area contributed by atoms with Crippen molar-refractivity contribution in [3.05, 3.63) is 0 Å². The minimum atomic E-state index is -0.981. The lowest BCUT2D eigenvalue weighted by Crippen LogP contribution is -2.04. The van der Waals surface area contributed by atoms with E-state index in [1.165, 1.54) is 0 Å². The molecular formula is C8H13NO3. The lowest BCUT2D eigenvalue weighted by atomic mass is 10.1. The lowest BCUT2D eigenvalue weighted by molar-refractivity contribution is -0.142. The van der Waals surface area contributed by atoms with Crippen LogP contribution < -0.4 is 0 Å². The summed E-state index contributed by atoms with van der Waals surface area (Å²) in [5.74, 6) is -0.317. The average molecular weight is 171 g/mol. The molecule has 0 heterocycles. The largest absolute Gasteiger partial charge is 0.479 e. The van der Waals surface area contributed by atoms with Crippen molar-refractivity contribution in [1.82, 2.24) is 0 Å². The number of rotatable bonds is 3. The Balaban J connectivity index is 2.23. The van der Waals surface area contributed by atoms with Crippen molar-refractivity contribution in [2.45, 2.75) is 26.2 Å². The molecule has 0 aromatic rings. The highest BCUT2D eigenvalue weighted by molar-refractivity contribution is 5.86. The number of carboxylic acids is 1. The molecule has 0 spiro atoms. The van der Waals surface area contributed by atoms with Crippen molar-refractivity contribution < 1.29 is 14.7 Å². The highest BCUT2D eigenvalue weighted by atomic mass is 16.6. The predicted octanol–water partition coefficient (Wildman–Crippen LogP) is 1.26. The molecule has 1 N–H and O–H groups in total.